The van der Waals surface area contributed by atoms with Crippen LogP contribution >= 0.6 is 0 Å². The molecule has 1 aromatic heterocycles. The van der Waals surface area contributed by atoms with Gasteiger partial charge in [-0.3, -0.25) is 4.79 Å². The fraction of sp³-hybridized carbons (Fsp3) is 0.500. The average molecular weight is 380 g/mol. The summed E-state index contributed by atoms with van der Waals surface area (Å²) in [6.07, 6.45) is 5.11. The van der Waals surface area contributed by atoms with Crippen molar-refractivity contribution in [3.8, 4) is 11.4 Å². The summed E-state index contributed by atoms with van der Waals surface area (Å²) in [5, 5.41) is 0. The summed E-state index contributed by atoms with van der Waals surface area (Å²) in [5.41, 5.74) is 2.81. The van der Waals surface area contributed by atoms with Gasteiger partial charge in [-0.15, -0.1) is 0 Å². The van der Waals surface area contributed by atoms with E-state index in [0.29, 0.717) is 11.4 Å². The largest absolute Gasteiger partial charge is 0.353 e. The maximum absolute atomic E-state index is 13.2. The Morgan fingerprint density at radius 3 is 2.46 bits per heavy atom. The number of rotatable bonds is 3. The minimum Gasteiger partial charge on any atom is -0.353 e. The van der Waals surface area contributed by atoms with Crippen molar-refractivity contribution in [3.63, 3.8) is 0 Å². The van der Waals surface area contributed by atoms with E-state index in [1.165, 1.54) is 12.0 Å². The molecular weight excluding hydrogens is 350 g/mol. The number of aromatic nitrogens is 2. The van der Waals surface area contributed by atoms with Gasteiger partial charge in [-0.1, -0.05) is 23.8 Å². The summed E-state index contributed by atoms with van der Waals surface area (Å²) in [7, 11) is 2.13. The van der Waals surface area contributed by atoms with Gasteiger partial charge in [0.15, 0.2) is 5.82 Å². The minimum absolute atomic E-state index is 0.0735. The summed E-state index contributed by atoms with van der Waals surface area (Å²) in [5.74, 6) is 1.55. The molecule has 0 radical (unpaired) electrons. The third-order valence-corrected chi connectivity index (χ3v) is 5.72. The lowest BCUT2D eigenvalue weighted by Crippen LogP contribution is -2.46. The van der Waals surface area contributed by atoms with Crippen molar-refractivity contribution in [2.24, 2.45) is 0 Å². The van der Waals surface area contributed by atoms with Gasteiger partial charge in [-0.2, -0.15) is 0 Å². The molecule has 2 aliphatic heterocycles. The first kappa shape index (κ1) is 18.9. The van der Waals surface area contributed by atoms with E-state index in [0.717, 1.165) is 63.5 Å². The van der Waals surface area contributed by atoms with E-state index in [1.54, 1.807) is 6.20 Å². The zero-order valence-corrected chi connectivity index (χ0v) is 16.9. The van der Waals surface area contributed by atoms with Gasteiger partial charge < -0.3 is 14.7 Å². The van der Waals surface area contributed by atoms with Crippen LogP contribution in [-0.2, 0) is 0 Å². The lowest BCUT2D eigenvalue weighted by atomic mass is 10.1. The second-order valence-electron chi connectivity index (χ2n) is 7.94. The lowest BCUT2D eigenvalue weighted by Gasteiger charge is -2.35. The topological polar surface area (TPSA) is 52.6 Å². The van der Waals surface area contributed by atoms with Crippen molar-refractivity contribution in [2.45, 2.75) is 26.2 Å². The van der Waals surface area contributed by atoms with Gasteiger partial charge in [0, 0.05) is 51.0 Å². The molecule has 6 heteroatoms. The number of carbonyl (C=O) groups is 1. The number of hydrogen-bond acceptors (Lipinski definition) is 5. The Bertz CT molecular complexity index is 839. The number of amides is 1. The quantitative estimate of drug-likeness (QED) is 0.821. The zero-order valence-electron chi connectivity index (χ0n) is 16.9. The summed E-state index contributed by atoms with van der Waals surface area (Å²) in [4.78, 5) is 29.2. The number of aryl methyl sites for hydroxylation is 1. The van der Waals surface area contributed by atoms with Gasteiger partial charge in [0.2, 0.25) is 0 Å². The van der Waals surface area contributed by atoms with Crippen LogP contribution < -0.4 is 4.90 Å². The summed E-state index contributed by atoms with van der Waals surface area (Å²) >= 11 is 0. The van der Waals surface area contributed by atoms with Crippen LogP contribution in [0.2, 0.25) is 0 Å². The van der Waals surface area contributed by atoms with E-state index >= 15 is 0 Å². The van der Waals surface area contributed by atoms with Crippen molar-refractivity contribution in [1.82, 2.24) is 19.8 Å². The molecule has 3 heterocycles. The number of likely N-dealkylation sites (N-methyl/N-ethyl adjacent to an activating group) is 1. The van der Waals surface area contributed by atoms with Crippen LogP contribution in [0.5, 0.6) is 0 Å². The molecule has 0 spiro atoms. The number of piperazine rings is 1. The molecule has 1 amide bonds. The van der Waals surface area contributed by atoms with E-state index in [9.17, 15) is 4.79 Å². The van der Waals surface area contributed by atoms with Crippen LogP contribution in [0.25, 0.3) is 11.4 Å². The normalized spacial score (nSPS) is 18.4. The van der Waals surface area contributed by atoms with Crippen molar-refractivity contribution in [2.75, 3.05) is 51.2 Å². The highest BCUT2D eigenvalue weighted by Gasteiger charge is 2.26. The predicted octanol–water partition coefficient (Wildman–Crippen LogP) is 2.83. The molecular formula is C22H29N5O. The highest BCUT2D eigenvalue weighted by Crippen LogP contribution is 2.26. The van der Waals surface area contributed by atoms with Gasteiger partial charge in [-0.25, -0.2) is 9.97 Å². The molecule has 2 fully saturated rings. The van der Waals surface area contributed by atoms with Gasteiger partial charge >= 0.3 is 0 Å². The van der Waals surface area contributed by atoms with Crippen LogP contribution in [0.15, 0.2) is 30.5 Å². The molecule has 148 valence electrons. The summed E-state index contributed by atoms with van der Waals surface area (Å²) < 4.78 is 0. The monoisotopic (exact) mass is 379 g/mol. The van der Waals surface area contributed by atoms with Crippen LogP contribution in [0.3, 0.4) is 0 Å². The summed E-state index contributed by atoms with van der Waals surface area (Å²) in [6, 6.07) is 8.22. The molecule has 2 saturated heterocycles. The molecule has 2 aliphatic rings. The molecule has 0 aliphatic carbocycles. The van der Waals surface area contributed by atoms with Crippen LogP contribution in [-0.4, -0.2) is 72.0 Å². The highest BCUT2D eigenvalue weighted by atomic mass is 16.2. The predicted molar refractivity (Wildman–Crippen MR) is 112 cm³/mol. The van der Waals surface area contributed by atoms with E-state index in [-0.39, 0.29) is 5.91 Å². The standard InChI is InChI=1S/C22H29N5O/c1-17-7-6-8-18(15-17)20-23-16-19(22(28)27-9-4-3-5-10-27)21(24-20)26-13-11-25(2)12-14-26/h6-8,15-16H,3-5,9-14H2,1-2H3. The number of anilines is 1. The third kappa shape index (κ3) is 4.02. The van der Waals surface area contributed by atoms with E-state index in [1.807, 2.05) is 17.0 Å². The third-order valence-electron chi connectivity index (χ3n) is 5.72. The number of hydrogen-bond donors (Lipinski definition) is 0. The van der Waals surface area contributed by atoms with E-state index in [2.05, 4.69) is 40.9 Å². The van der Waals surface area contributed by atoms with Crippen molar-refractivity contribution >= 4 is 11.7 Å². The van der Waals surface area contributed by atoms with Crippen molar-refractivity contribution in [3.05, 3.63) is 41.6 Å². The fourth-order valence-corrected chi connectivity index (χ4v) is 3.97. The molecule has 1 aromatic carbocycles. The molecule has 2 aromatic rings. The zero-order chi connectivity index (χ0) is 19.5. The Hall–Kier alpha value is -2.47. The maximum atomic E-state index is 13.2. The van der Waals surface area contributed by atoms with Crippen molar-refractivity contribution in [1.29, 1.82) is 0 Å². The first-order valence-corrected chi connectivity index (χ1v) is 10.3. The fourth-order valence-electron chi connectivity index (χ4n) is 3.97. The Morgan fingerprint density at radius 1 is 1.00 bits per heavy atom. The molecule has 0 bridgehead atoms. The molecule has 6 nitrogen and oxygen atoms in total. The van der Waals surface area contributed by atoms with Gasteiger partial charge in [0.05, 0.1) is 0 Å². The molecule has 4 rings (SSSR count). The molecule has 0 saturated carbocycles. The summed E-state index contributed by atoms with van der Waals surface area (Å²) in [6.45, 7) is 7.44. The highest BCUT2D eigenvalue weighted by molar-refractivity contribution is 5.99. The Balaban J connectivity index is 1.71. The second kappa shape index (κ2) is 8.27. The molecule has 0 N–H and O–H groups in total. The molecule has 0 unspecified atom stereocenters. The average Bonchev–Trinajstić information content (AvgIpc) is 2.74. The molecule has 0 atom stereocenters. The van der Waals surface area contributed by atoms with E-state index in [4.69, 9.17) is 4.98 Å². The number of nitrogens with zero attached hydrogens (tertiary/aromatic N) is 5. The van der Waals surface area contributed by atoms with Crippen LogP contribution in [0, 0.1) is 6.92 Å². The lowest BCUT2D eigenvalue weighted by molar-refractivity contribution is 0.0724. The maximum Gasteiger partial charge on any atom is 0.259 e. The number of carbonyl (C=O) groups excluding carboxylic acids is 1. The first-order chi connectivity index (χ1) is 13.6. The number of benzene rings is 1. The molecule has 28 heavy (non-hydrogen) atoms. The smallest absolute Gasteiger partial charge is 0.259 e. The minimum atomic E-state index is 0.0735. The van der Waals surface area contributed by atoms with Crippen LogP contribution in [0.1, 0.15) is 35.2 Å². The Kier molecular flexibility index (Phi) is 5.57. The van der Waals surface area contributed by atoms with Crippen LogP contribution in [0.4, 0.5) is 5.82 Å². The first-order valence-electron chi connectivity index (χ1n) is 10.3. The van der Waals surface area contributed by atoms with Gasteiger partial charge in [-0.05, 0) is 39.3 Å². The number of piperidine rings is 1. The van der Waals surface area contributed by atoms with E-state index < -0.39 is 0 Å². The second-order valence-corrected chi connectivity index (χ2v) is 7.94. The Labute approximate surface area is 167 Å². The Morgan fingerprint density at radius 2 is 1.75 bits per heavy atom. The SMILES string of the molecule is Cc1cccc(-c2ncc(C(=O)N3CCCCC3)c(N3CCN(C)CC3)n2)c1. The van der Waals surface area contributed by atoms with Gasteiger partial charge in [0.1, 0.15) is 11.4 Å². The number of likely N-dealkylation sites (tertiary alicyclic amines) is 1. The van der Waals surface area contributed by atoms with Crippen molar-refractivity contribution < 1.29 is 4.79 Å². The van der Waals surface area contributed by atoms with Gasteiger partial charge in [0.25, 0.3) is 5.91 Å².